The Kier molecular flexibility index (Phi) is 3.80. The predicted octanol–water partition coefficient (Wildman–Crippen LogP) is 4.61. The molecule has 2 aromatic rings. The molecule has 5 heteroatoms. The maximum absolute atomic E-state index is 10.9. The van der Waals surface area contributed by atoms with E-state index in [1.165, 1.54) is 11.6 Å². The molecule has 2 aromatic carbocycles. The summed E-state index contributed by atoms with van der Waals surface area (Å²) in [6, 6.07) is 15.6. The fraction of sp³-hybridized carbons (Fsp3) is 0.250. The summed E-state index contributed by atoms with van der Waals surface area (Å²) >= 11 is 5.81. The van der Waals surface area contributed by atoms with Crippen LogP contribution in [0.3, 0.4) is 0 Å². The molecule has 0 unspecified atom stereocenters. The lowest BCUT2D eigenvalue weighted by Crippen LogP contribution is -2.33. The second-order valence-electron chi connectivity index (χ2n) is 5.34. The molecule has 0 atom stereocenters. The van der Waals surface area contributed by atoms with Crippen LogP contribution in [0.5, 0.6) is 0 Å². The van der Waals surface area contributed by atoms with E-state index in [0.717, 1.165) is 18.5 Å². The first-order valence-corrected chi connectivity index (χ1v) is 7.26. The first-order chi connectivity index (χ1) is 10.1. The van der Waals surface area contributed by atoms with Crippen molar-refractivity contribution in [3.63, 3.8) is 0 Å². The zero-order valence-corrected chi connectivity index (χ0v) is 12.1. The van der Waals surface area contributed by atoms with Gasteiger partial charge in [0.05, 0.1) is 4.92 Å². The molecule has 21 heavy (non-hydrogen) atoms. The molecule has 0 heterocycles. The van der Waals surface area contributed by atoms with Gasteiger partial charge in [0.15, 0.2) is 0 Å². The summed E-state index contributed by atoms with van der Waals surface area (Å²) in [6.45, 7) is 0. The highest BCUT2D eigenvalue weighted by Gasteiger charge is 2.30. The van der Waals surface area contributed by atoms with Crippen LogP contribution in [0.25, 0.3) is 0 Å². The topological polar surface area (TPSA) is 55.2 Å². The number of rotatable bonds is 4. The molecule has 1 aliphatic carbocycles. The second kappa shape index (κ2) is 5.74. The third-order valence-electron chi connectivity index (χ3n) is 3.92. The van der Waals surface area contributed by atoms with Crippen LogP contribution in [0, 0.1) is 10.1 Å². The number of hydrogen-bond acceptors (Lipinski definition) is 3. The van der Waals surface area contributed by atoms with E-state index in [0.29, 0.717) is 12.0 Å². The van der Waals surface area contributed by atoms with Crippen molar-refractivity contribution >= 4 is 23.0 Å². The Morgan fingerprint density at radius 2 is 1.86 bits per heavy atom. The molecule has 1 aliphatic rings. The van der Waals surface area contributed by atoms with Crippen molar-refractivity contribution in [3.8, 4) is 0 Å². The van der Waals surface area contributed by atoms with Crippen LogP contribution in [0.4, 0.5) is 11.4 Å². The molecule has 0 bridgehead atoms. The van der Waals surface area contributed by atoms with Crippen LogP contribution < -0.4 is 5.32 Å². The minimum absolute atomic E-state index is 0.0550. The Labute approximate surface area is 127 Å². The minimum atomic E-state index is -0.457. The van der Waals surface area contributed by atoms with E-state index < -0.39 is 4.92 Å². The summed E-state index contributed by atoms with van der Waals surface area (Å²) in [5.74, 6) is 0.575. The van der Waals surface area contributed by atoms with E-state index in [2.05, 4.69) is 29.6 Å². The van der Waals surface area contributed by atoms with E-state index in [9.17, 15) is 10.1 Å². The van der Waals surface area contributed by atoms with E-state index in [-0.39, 0.29) is 10.7 Å². The van der Waals surface area contributed by atoms with Gasteiger partial charge < -0.3 is 5.32 Å². The highest BCUT2D eigenvalue weighted by Crippen LogP contribution is 2.39. The van der Waals surface area contributed by atoms with Crippen molar-refractivity contribution in [2.75, 3.05) is 5.32 Å². The van der Waals surface area contributed by atoms with Crippen molar-refractivity contribution < 1.29 is 4.92 Å². The molecule has 1 N–H and O–H groups in total. The monoisotopic (exact) mass is 302 g/mol. The molecule has 1 fully saturated rings. The zero-order valence-electron chi connectivity index (χ0n) is 11.3. The largest absolute Gasteiger partial charge is 0.382 e. The third-order valence-corrected chi connectivity index (χ3v) is 4.24. The van der Waals surface area contributed by atoms with Gasteiger partial charge >= 0.3 is 0 Å². The number of nitrogens with zero attached hydrogens (tertiary/aromatic N) is 1. The predicted molar refractivity (Wildman–Crippen MR) is 83.9 cm³/mol. The highest BCUT2D eigenvalue weighted by atomic mass is 35.5. The summed E-state index contributed by atoms with van der Waals surface area (Å²) in [6.07, 6.45) is 2.08. The SMILES string of the molecule is O=[N+]([O-])c1cc(NC2CC(c3ccccc3)C2)ccc1Cl. The van der Waals surface area contributed by atoms with Crippen LogP contribution in [-0.2, 0) is 0 Å². The van der Waals surface area contributed by atoms with Crippen LogP contribution in [0.2, 0.25) is 5.02 Å². The van der Waals surface area contributed by atoms with Gasteiger partial charge in [0.25, 0.3) is 5.69 Å². The first kappa shape index (κ1) is 13.9. The minimum Gasteiger partial charge on any atom is -0.382 e. The Balaban J connectivity index is 1.62. The van der Waals surface area contributed by atoms with Gasteiger partial charge in [-0.2, -0.15) is 0 Å². The smallest absolute Gasteiger partial charge is 0.289 e. The summed E-state index contributed by atoms with van der Waals surface area (Å²) in [7, 11) is 0. The molecule has 0 spiro atoms. The van der Waals surface area contributed by atoms with E-state index in [4.69, 9.17) is 11.6 Å². The average molecular weight is 303 g/mol. The quantitative estimate of drug-likeness (QED) is 0.663. The van der Waals surface area contributed by atoms with Crippen molar-refractivity contribution in [2.45, 2.75) is 24.8 Å². The first-order valence-electron chi connectivity index (χ1n) is 6.89. The van der Waals surface area contributed by atoms with Crippen molar-refractivity contribution in [3.05, 3.63) is 69.2 Å². The van der Waals surface area contributed by atoms with E-state index >= 15 is 0 Å². The Morgan fingerprint density at radius 3 is 2.52 bits per heavy atom. The molecule has 0 radical (unpaired) electrons. The molecular weight excluding hydrogens is 288 g/mol. The Morgan fingerprint density at radius 1 is 1.14 bits per heavy atom. The molecule has 3 rings (SSSR count). The van der Waals surface area contributed by atoms with Crippen molar-refractivity contribution in [1.29, 1.82) is 0 Å². The number of nitrogens with one attached hydrogen (secondary N) is 1. The number of benzene rings is 2. The highest BCUT2D eigenvalue weighted by molar-refractivity contribution is 6.32. The number of anilines is 1. The molecule has 1 saturated carbocycles. The summed E-state index contributed by atoms with van der Waals surface area (Å²) in [4.78, 5) is 10.4. The van der Waals surface area contributed by atoms with Gasteiger partial charge in [0.1, 0.15) is 5.02 Å². The van der Waals surface area contributed by atoms with Gasteiger partial charge in [0.2, 0.25) is 0 Å². The van der Waals surface area contributed by atoms with Crippen molar-refractivity contribution in [1.82, 2.24) is 0 Å². The number of halogens is 1. The molecule has 0 aromatic heterocycles. The Bertz CT molecular complexity index is 655. The van der Waals surface area contributed by atoms with Gasteiger partial charge in [-0.05, 0) is 36.5 Å². The van der Waals surface area contributed by atoms with Gasteiger partial charge in [-0.15, -0.1) is 0 Å². The molecular formula is C16H15ClN2O2. The standard InChI is InChI=1S/C16H15ClN2O2/c17-15-7-6-13(10-16(15)19(20)21)18-14-8-12(9-14)11-4-2-1-3-5-11/h1-7,10,12,14,18H,8-9H2. The normalized spacial score (nSPS) is 20.6. The molecule has 108 valence electrons. The summed E-state index contributed by atoms with van der Waals surface area (Å²) in [5, 5.41) is 14.4. The second-order valence-corrected chi connectivity index (χ2v) is 5.75. The number of nitro groups is 1. The number of nitro benzene ring substituents is 1. The molecule has 4 nitrogen and oxygen atoms in total. The van der Waals surface area contributed by atoms with Gasteiger partial charge in [0, 0.05) is 17.8 Å². The van der Waals surface area contributed by atoms with Gasteiger partial charge in [-0.1, -0.05) is 41.9 Å². The van der Waals surface area contributed by atoms with E-state index in [1.54, 1.807) is 12.1 Å². The van der Waals surface area contributed by atoms with Crippen LogP contribution in [0.15, 0.2) is 48.5 Å². The lowest BCUT2D eigenvalue weighted by Gasteiger charge is -2.36. The summed E-state index contributed by atoms with van der Waals surface area (Å²) < 4.78 is 0. The van der Waals surface area contributed by atoms with Crippen molar-refractivity contribution in [2.24, 2.45) is 0 Å². The lowest BCUT2D eigenvalue weighted by molar-refractivity contribution is -0.384. The number of hydrogen-bond donors (Lipinski definition) is 1. The van der Waals surface area contributed by atoms with E-state index in [1.807, 2.05) is 6.07 Å². The zero-order chi connectivity index (χ0) is 14.8. The maximum Gasteiger partial charge on any atom is 0.289 e. The fourth-order valence-electron chi connectivity index (χ4n) is 2.71. The van der Waals surface area contributed by atoms with Crippen LogP contribution in [0.1, 0.15) is 24.3 Å². The lowest BCUT2D eigenvalue weighted by atomic mass is 9.76. The van der Waals surface area contributed by atoms with Gasteiger partial charge in [-0.3, -0.25) is 10.1 Å². The summed E-state index contributed by atoms with van der Waals surface area (Å²) in [5.41, 5.74) is 2.06. The third kappa shape index (κ3) is 3.00. The molecule has 0 amide bonds. The van der Waals surface area contributed by atoms with Crippen LogP contribution >= 0.6 is 11.6 Å². The van der Waals surface area contributed by atoms with Crippen LogP contribution in [-0.4, -0.2) is 11.0 Å². The maximum atomic E-state index is 10.9. The fourth-order valence-corrected chi connectivity index (χ4v) is 2.90. The molecule has 0 aliphatic heterocycles. The average Bonchev–Trinajstić information content (AvgIpc) is 2.44. The molecule has 0 saturated heterocycles. The van der Waals surface area contributed by atoms with Gasteiger partial charge in [-0.25, -0.2) is 0 Å². The Hall–Kier alpha value is -2.07.